The van der Waals surface area contributed by atoms with Gasteiger partial charge in [0, 0.05) is 6.42 Å². The second-order valence-corrected chi connectivity index (χ2v) is 7.73. The Morgan fingerprint density at radius 2 is 2.08 bits per heavy atom. The normalized spacial score (nSPS) is 40.6. The lowest BCUT2D eigenvalue weighted by Gasteiger charge is -2.56. The van der Waals surface area contributed by atoms with Crippen LogP contribution in [0.1, 0.15) is 46.0 Å². The van der Waals surface area contributed by atoms with E-state index < -0.39 is 5.41 Å². The molecule has 3 aliphatic rings. The first kappa shape index (κ1) is 16.9. The van der Waals surface area contributed by atoms with Crippen molar-refractivity contribution >= 4 is 18.0 Å². The highest BCUT2D eigenvalue weighted by atomic mass is 16.5. The summed E-state index contributed by atoms with van der Waals surface area (Å²) in [5.74, 6) is -0.0665. The van der Waals surface area contributed by atoms with Gasteiger partial charge in [-0.1, -0.05) is 25.2 Å². The topological polar surface area (TPSA) is 60.4 Å². The lowest BCUT2D eigenvalue weighted by Crippen LogP contribution is -2.55. The van der Waals surface area contributed by atoms with Crippen LogP contribution < -0.4 is 0 Å². The average Bonchev–Trinajstić information content (AvgIpc) is 2.96. The molecule has 4 nitrogen and oxygen atoms in total. The maximum Gasteiger partial charge on any atom is 0.342 e. The number of aldehydes is 1. The lowest BCUT2D eigenvalue weighted by molar-refractivity contribution is -0.151. The monoisotopic (exact) mass is 328 g/mol. The molecule has 24 heavy (non-hydrogen) atoms. The number of fused-ring (bicyclic) bond motifs is 1. The standard InChI is InChI=1S/C20H24O4/c1-13-4-7-16-19(2,10-8-17(22)20(16,3)12-21)15(13)6-5-14-9-11-24-18(14)23/h5,9,11-12,15-16H,1,4,6-8,10H2,2-3H3/b14-5+/t15-,16+,19+,20+/m1/s1. The molecule has 3 rings (SSSR count). The third kappa shape index (κ3) is 2.40. The lowest BCUT2D eigenvalue weighted by atomic mass is 9.46. The van der Waals surface area contributed by atoms with Gasteiger partial charge >= 0.3 is 5.97 Å². The molecule has 0 unspecified atom stereocenters. The molecule has 1 aliphatic heterocycles. The van der Waals surface area contributed by atoms with Crippen LogP contribution in [0.3, 0.4) is 0 Å². The van der Waals surface area contributed by atoms with Crippen LogP contribution in [-0.4, -0.2) is 18.0 Å². The maximum absolute atomic E-state index is 12.4. The van der Waals surface area contributed by atoms with Crippen molar-refractivity contribution in [2.45, 2.75) is 46.0 Å². The largest absolute Gasteiger partial charge is 0.431 e. The summed E-state index contributed by atoms with van der Waals surface area (Å²) in [5, 5.41) is 0. The van der Waals surface area contributed by atoms with Gasteiger partial charge < -0.3 is 9.53 Å². The van der Waals surface area contributed by atoms with E-state index in [1.54, 1.807) is 13.0 Å². The molecule has 0 aromatic carbocycles. The van der Waals surface area contributed by atoms with E-state index in [1.165, 1.54) is 6.26 Å². The molecule has 0 amide bonds. The first-order valence-electron chi connectivity index (χ1n) is 8.58. The number of hydrogen-bond acceptors (Lipinski definition) is 4. The van der Waals surface area contributed by atoms with E-state index in [1.807, 2.05) is 6.08 Å². The van der Waals surface area contributed by atoms with Gasteiger partial charge in [0.25, 0.3) is 0 Å². The number of hydrogen-bond donors (Lipinski definition) is 0. The molecule has 0 bridgehead atoms. The highest BCUT2D eigenvalue weighted by molar-refractivity contribution is 5.99. The SMILES string of the molecule is C=C1CC[C@H]2[C@@](C)(CCC(=O)[C@@]2(C)C=O)[C@@H]1C/C=C1\C=COC1=O. The Morgan fingerprint density at radius 1 is 1.33 bits per heavy atom. The second kappa shape index (κ2) is 5.83. The van der Waals surface area contributed by atoms with Gasteiger partial charge in [-0.3, -0.25) is 4.79 Å². The molecule has 0 spiro atoms. The van der Waals surface area contributed by atoms with E-state index >= 15 is 0 Å². The Labute approximate surface area is 142 Å². The molecule has 0 aromatic rings. The molecule has 0 saturated heterocycles. The highest BCUT2D eigenvalue weighted by Gasteiger charge is 2.57. The van der Waals surface area contributed by atoms with E-state index in [9.17, 15) is 14.4 Å². The van der Waals surface area contributed by atoms with Gasteiger partial charge in [-0.15, -0.1) is 0 Å². The van der Waals surface area contributed by atoms with E-state index in [0.717, 1.165) is 31.1 Å². The summed E-state index contributed by atoms with van der Waals surface area (Å²) in [5.41, 5.74) is 0.676. The Morgan fingerprint density at radius 3 is 2.71 bits per heavy atom. The number of allylic oxidation sites excluding steroid dienone is 2. The smallest absolute Gasteiger partial charge is 0.342 e. The molecule has 0 aromatic heterocycles. The number of ether oxygens (including phenoxy) is 1. The summed E-state index contributed by atoms with van der Waals surface area (Å²) in [4.78, 5) is 35.8. The number of ketones is 1. The molecular formula is C20H24O4. The number of esters is 1. The van der Waals surface area contributed by atoms with Gasteiger partial charge in [0.05, 0.1) is 17.3 Å². The van der Waals surface area contributed by atoms with Gasteiger partial charge in [0.15, 0.2) is 0 Å². The van der Waals surface area contributed by atoms with E-state index in [-0.39, 0.29) is 29.0 Å². The summed E-state index contributed by atoms with van der Waals surface area (Å²) in [7, 11) is 0. The quantitative estimate of drug-likeness (QED) is 0.261. The van der Waals surface area contributed by atoms with Crippen molar-refractivity contribution in [1.82, 2.24) is 0 Å². The van der Waals surface area contributed by atoms with Crippen LogP contribution in [0.15, 0.2) is 36.1 Å². The number of carbonyl (C=O) groups excluding carboxylic acids is 3. The van der Waals surface area contributed by atoms with Gasteiger partial charge in [-0.25, -0.2) is 4.79 Å². The zero-order chi connectivity index (χ0) is 17.5. The van der Waals surface area contributed by atoms with Crippen molar-refractivity contribution in [3.05, 3.63) is 36.1 Å². The van der Waals surface area contributed by atoms with Gasteiger partial charge in [0.2, 0.25) is 0 Å². The average molecular weight is 328 g/mol. The van der Waals surface area contributed by atoms with Crippen molar-refractivity contribution in [3.63, 3.8) is 0 Å². The summed E-state index contributed by atoms with van der Waals surface area (Å²) < 4.78 is 4.83. The molecule has 128 valence electrons. The Kier molecular flexibility index (Phi) is 4.10. The fourth-order valence-corrected chi connectivity index (χ4v) is 5.01. The molecule has 4 atom stereocenters. The van der Waals surface area contributed by atoms with Crippen LogP contribution >= 0.6 is 0 Å². The number of Topliss-reactive ketones (excluding diaryl/α,β-unsaturated/α-hetero) is 1. The Bertz CT molecular complexity index is 671. The minimum Gasteiger partial charge on any atom is -0.431 e. The fourth-order valence-electron chi connectivity index (χ4n) is 5.01. The van der Waals surface area contributed by atoms with Crippen molar-refractivity contribution < 1.29 is 19.1 Å². The van der Waals surface area contributed by atoms with Crippen LogP contribution in [0, 0.1) is 22.7 Å². The van der Waals surface area contributed by atoms with Crippen molar-refractivity contribution in [1.29, 1.82) is 0 Å². The predicted octanol–water partition coefficient (Wildman–Crippen LogP) is 3.53. The second-order valence-electron chi connectivity index (χ2n) is 7.73. The van der Waals surface area contributed by atoms with Gasteiger partial charge in [-0.2, -0.15) is 0 Å². The fraction of sp³-hybridized carbons (Fsp3) is 0.550. The van der Waals surface area contributed by atoms with E-state index in [0.29, 0.717) is 18.4 Å². The highest BCUT2D eigenvalue weighted by Crippen LogP contribution is 2.60. The zero-order valence-electron chi connectivity index (χ0n) is 14.3. The van der Waals surface area contributed by atoms with Crippen molar-refractivity contribution in [2.24, 2.45) is 22.7 Å². The van der Waals surface area contributed by atoms with Crippen LogP contribution in [0.2, 0.25) is 0 Å². The number of carbonyl (C=O) groups is 3. The molecule has 1 heterocycles. The first-order valence-corrected chi connectivity index (χ1v) is 8.58. The van der Waals surface area contributed by atoms with Crippen LogP contribution in [0.25, 0.3) is 0 Å². The van der Waals surface area contributed by atoms with Crippen molar-refractivity contribution in [3.8, 4) is 0 Å². The summed E-state index contributed by atoms with van der Waals surface area (Å²) >= 11 is 0. The first-order chi connectivity index (χ1) is 11.3. The van der Waals surface area contributed by atoms with Crippen LogP contribution in [-0.2, 0) is 19.1 Å². The summed E-state index contributed by atoms with van der Waals surface area (Å²) in [6.45, 7) is 8.23. The van der Waals surface area contributed by atoms with Crippen molar-refractivity contribution in [2.75, 3.05) is 0 Å². The number of cyclic esters (lactones) is 1. The molecule has 2 saturated carbocycles. The molecule has 0 radical (unpaired) electrons. The third-order valence-corrected chi connectivity index (χ3v) is 6.53. The van der Waals surface area contributed by atoms with Gasteiger partial charge in [-0.05, 0) is 55.9 Å². The van der Waals surface area contributed by atoms with Crippen LogP contribution in [0.5, 0.6) is 0 Å². The number of rotatable bonds is 3. The Balaban J connectivity index is 1.92. The minimum absolute atomic E-state index is 0.0312. The van der Waals surface area contributed by atoms with Crippen LogP contribution in [0.4, 0.5) is 0 Å². The van der Waals surface area contributed by atoms with E-state index in [2.05, 4.69) is 13.5 Å². The zero-order valence-corrected chi connectivity index (χ0v) is 14.3. The molecule has 2 aliphatic carbocycles. The maximum atomic E-state index is 12.4. The third-order valence-electron chi connectivity index (χ3n) is 6.53. The molecule has 0 N–H and O–H groups in total. The summed E-state index contributed by atoms with van der Waals surface area (Å²) in [6.07, 6.45) is 9.38. The Hall–Kier alpha value is -1.97. The van der Waals surface area contributed by atoms with Gasteiger partial charge in [0.1, 0.15) is 12.1 Å². The van der Waals surface area contributed by atoms with E-state index in [4.69, 9.17) is 4.74 Å². The predicted molar refractivity (Wildman–Crippen MR) is 89.8 cm³/mol. The molecule has 4 heteroatoms. The summed E-state index contributed by atoms with van der Waals surface area (Å²) in [6, 6.07) is 0. The minimum atomic E-state index is -0.898. The molecular weight excluding hydrogens is 304 g/mol. The molecule has 2 fully saturated rings.